The van der Waals surface area contributed by atoms with Gasteiger partial charge in [0.2, 0.25) is 10.0 Å². The number of nitrogens with one attached hydrogen (secondary N) is 1. The molecule has 0 amide bonds. The molecule has 4 aromatic rings. The fourth-order valence-electron chi connectivity index (χ4n) is 4.17. The van der Waals surface area contributed by atoms with Crippen LogP contribution in [0.3, 0.4) is 0 Å². The monoisotopic (exact) mass is 546 g/mol. The number of benzene rings is 1. The number of aliphatic hydroxyl groups is 1. The number of sulfonamides is 1. The highest BCUT2D eigenvalue weighted by Gasteiger charge is 2.39. The Balaban J connectivity index is 1.65. The molecule has 36 heavy (non-hydrogen) atoms. The Morgan fingerprint density at radius 1 is 1.28 bits per heavy atom. The van der Waals surface area contributed by atoms with Gasteiger partial charge in [-0.2, -0.15) is 0 Å². The molecular formula is C25H24ClFN4O3S2. The Morgan fingerprint density at radius 2 is 2.06 bits per heavy atom. The van der Waals surface area contributed by atoms with Crippen molar-refractivity contribution >= 4 is 48.9 Å². The molecule has 1 aliphatic carbocycles. The van der Waals surface area contributed by atoms with Gasteiger partial charge in [0.25, 0.3) is 0 Å². The summed E-state index contributed by atoms with van der Waals surface area (Å²) in [6.07, 6.45) is 4.04. The zero-order valence-corrected chi connectivity index (χ0v) is 21.7. The van der Waals surface area contributed by atoms with Crippen LogP contribution in [-0.4, -0.2) is 34.8 Å². The predicted octanol–water partition coefficient (Wildman–Crippen LogP) is 4.83. The minimum atomic E-state index is -3.71. The standard InChI is InChI=1S/C25H24ClFN4O3S2/c1-13(32)9-14-7-8-29-19(10-14)17-4-2-3-15-11-20(35-24(15)17)23(31-36(33,34)16-5-6-16)21-18(26)12-30-25(28)22(21)27/h2-4,7-8,10-13,16,23,31-32H,5-6,9H2,1H3,(H2,28,30). The molecule has 7 nitrogen and oxygen atoms in total. The maximum atomic E-state index is 15.2. The van der Waals surface area contributed by atoms with E-state index in [1.165, 1.54) is 17.5 Å². The second-order valence-electron chi connectivity index (χ2n) is 8.99. The molecule has 5 rings (SSSR count). The molecule has 0 radical (unpaired) electrons. The number of pyridine rings is 2. The highest BCUT2D eigenvalue weighted by molar-refractivity contribution is 7.90. The van der Waals surface area contributed by atoms with Gasteiger partial charge in [-0.15, -0.1) is 11.3 Å². The average Bonchev–Trinajstić information content (AvgIpc) is 3.60. The summed E-state index contributed by atoms with van der Waals surface area (Å²) < 4.78 is 44.6. The molecule has 1 saturated carbocycles. The van der Waals surface area contributed by atoms with Gasteiger partial charge < -0.3 is 10.8 Å². The number of nitrogens with zero attached hydrogens (tertiary/aromatic N) is 2. The summed E-state index contributed by atoms with van der Waals surface area (Å²) in [4.78, 5) is 8.84. The number of aromatic nitrogens is 2. The van der Waals surface area contributed by atoms with Crippen molar-refractivity contribution in [1.29, 1.82) is 0 Å². The Bertz CT molecular complexity index is 1550. The van der Waals surface area contributed by atoms with Crippen LogP contribution in [0.25, 0.3) is 21.3 Å². The lowest BCUT2D eigenvalue weighted by Crippen LogP contribution is -2.32. The minimum Gasteiger partial charge on any atom is -0.393 e. The van der Waals surface area contributed by atoms with E-state index >= 15 is 4.39 Å². The smallest absolute Gasteiger partial charge is 0.215 e. The maximum absolute atomic E-state index is 15.2. The Kier molecular flexibility index (Phi) is 6.73. The third-order valence-corrected chi connectivity index (χ3v) is 9.51. The summed E-state index contributed by atoms with van der Waals surface area (Å²) in [5.74, 6) is -1.21. The van der Waals surface area contributed by atoms with Crippen LogP contribution >= 0.6 is 22.9 Å². The molecule has 11 heteroatoms. The van der Waals surface area contributed by atoms with Gasteiger partial charge in [0.15, 0.2) is 11.6 Å². The number of thiophene rings is 1. The van der Waals surface area contributed by atoms with Crippen LogP contribution in [0.15, 0.2) is 48.8 Å². The van der Waals surface area contributed by atoms with Crippen molar-refractivity contribution in [3.05, 3.63) is 75.6 Å². The topological polar surface area (TPSA) is 118 Å². The normalized spacial score (nSPS) is 15.8. The number of hydrogen-bond acceptors (Lipinski definition) is 7. The fraction of sp³-hybridized carbons (Fsp3) is 0.280. The number of fused-ring (bicyclic) bond motifs is 1. The second kappa shape index (κ2) is 9.68. The zero-order valence-electron chi connectivity index (χ0n) is 19.3. The van der Waals surface area contributed by atoms with Crippen molar-refractivity contribution in [2.24, 2.45) is 0 Å². The van der Waals surface area contributed by atoms with Crippen LogP contribution in [0.1, 0.15) is 41.8 Å². The first kappa shape index (κ1) is 25.0. The van der Waals surface area contributed by atoms with E-state index in [2.05, 4.69) is 14.7 Å². The average molecular weight is 547 g/mol. The van der Waals surface area contributed by atoms with Crippen molar-refractivity contribution in [1.82, 2.24) is 14.7 Å². The lowest BCUT2D eigenvalue weighted by molar-refractivity contribution is 0.195. The van der Waals surface area contributed by atoms with Crippen LogP contribution in [0, 0.1) is 5.82 Å². The summed E-state index contributed by atoms with van der Waals surface area (Å²) >= 11 is 7.67. The van der Waals surface area contributed by atoms with E-state index in [4.69, 9.17) is 17.3 Å². The van der Waals surface area contributed by atoms with Gasteiger partial charge in [0, 0.05) is 33.1 Å². The highest BCUT2D eigenvalue weighted by atomic mass is 35.5. The highest BCUT2D eigenvalue weighted by Crippen LogP contribution is 2.42. The largest absolute Gasteiger partial charge is 0.393 e. The number of anilines is 1. The van der Waals surface area contributed by atoms with Crippen LogP contribution < -0.4 is 10.5 Å². The fourth-order valence-corrected chi connectivity index (χ4v) is 7.26. The minimum absolute atomic E-state index is 0.0182. The molecule has 3 aromatic heterocycles. The molecule has 1 aliphatic rings. The maximum Gasteiger partial charge on any atom is 0.215 e. The first-order valence-corrected chi connectivity index (χ1v) is 14.1. The number of aliphatic hydroxyl groups excluding tert-OH is 1. The summed E-state index contributed by atoms with van der Waals surface area (Å²) in [6.45, 7) is 1.73. The number of halogens is 2. The molecule has 2 atom stereocenters. The molecule has 0 aliphatic heterocycles. The quantitative estimate of drug-likeness (QED) is 0.291. The second-order valence-corrected chi connectivity index (χ2v) is 12.5. The van der Waals surface area contributed by atoms with Gasteiger partial charge >= 0.3 is 0 Å². The molecule has 1 aromatic carbocycles. The van der Waals surface area contributed by atoms with Crippen LogP contribution in [0.5, 0.6) is 0 Å². The van der Waals surface area contributed by atoms with Crippen molar-refractivity contribution in [3.8, 4) is 11.3 Å². The molecule has 188 valence electrons. The Hall–Kier alpha value is -2.63. The molecule has 2 unspecified atom stereocenters. The third-order valence-electron chi connectivity index (χ3n) is 6.05. The number of hydrogen-bond donors (Lipinski definition) is 3. The van der Waals surface area contributed by atoms with E-state index in [1.807, 2.05) is 36.4 Å². The molecule has 0 spiro atoms. The van der Waals surface area contributed by atoms with Gasteiger partial charge in [0.1, 0.15) is 0 Å². The molecule has 0 bridgehead atoms. The van der Waals surface area contributed by atoms with Crippen LogP contribution in [-0.2, 0) is 16.4 Å². The summed E-state index contributed by atoms with van der Waals surface area (Å²) in [5.41, 5.74) is 8.18. The molecule has 3 heterocycles. The van der Waals surface area contributed by atoms with E-state index < -0.39 is 33.2 Å². The third kappa shape index (κ3) is 4.96. The zero-order chi connectivity index (χ0) is 25.6. The van der Waals surface area contributed by atoms with E-state index in [0.717, 1.165) is 26.9 Å². The number of rotatable bonds is 8. The van der Waals surface area contributed by atoms with Gasteiger partial charge in [0.05, 0.1) is 28.1 Å². The van der Waals surface area contributed by atoms with Gasteiger partial charge in [-0.1, -0.05) is 29.8 Å². The Labute approximate surface area is 217 Å². The van der Waals surface area contributed by atoms with E-state index in [-0.39, 0.29) is 16.4 Å². The number of nitrogens with two attached hydrogens (primary N) is 1. The van der Waals surface area contributed by atoms with E-state index in [0.29, 0.717) is 24.1 Å². The lowest BCUT2D eigenvalue weighted by atomic mass is 10.0. The molecular weight excluding hydrogens is 523 g/mol. The van der Waals surface area contributed by atoms with Crippen molar-refractivity contribution in [2.75, 3.05) is 5.73 Å². The predicted molar refractivity (Wildman–Crippen MR) is 141 cm³/mol. The van der Waals surface area contributed by atoms with Gasteiger partial charge in [-0.05, 0) is 55.3 Å². The summed E-state index contributed by atoms with van der Waals surface area (Å²) in [7, 11) is -3.71. The first-order chi connectivity index (χ1) is 17.1. The molecule has 1 fully saturated rings. The summed E-state index contributed by atoms with van der Waals surface area (Å²) in [6, 6.07) is 10.3. The summed E-state index contributed by atoms with van der Waals surface area (Å²) in [5, 5.41) is 10.1. The van der Waals surface area contributed by atoms with Crippen molar-refractivity contribution in [2.45, 2.75) is 43.6 Å². The van der Waals surface area contributed by atoms with E-state index in [9.17, 15) is 13.5 Å². The Morgan fingerprint density at radius 3 is 2.78 bits per heavy atom. The van der Waals surface area contributed by atoms with Crippen molar-refractivity contribution < 1.29 is 17.9 Å². The van der Waals surface area contributed by atoms with Crippen LogP contribution in [0.4, 0.5) is 10.2 Å². The van der Waals surface area contributed by atoms with E-state index in [1.54, 1.807) is 13.1 Å². The van der Waals surface area contributed by atoms with Gasteiger partial charge in [-0.25, -0.2) is 22.5 Å². The number of nitrogen functional groups attached to an aromatic ring is 1. The molecule has 0 saturated heterocycles. The van der Waals surface area contributed by atoms with Gasteiger partial charge in [-0.3, -0.25) is 4.98 Å². The SMILES string of the molecule is CC(O)Cc1ccnc(-c2cccc3cc(C(NS(=O)(=O)C4CC4)c4c(Cl)cnc(N)c4F)sc23)c1. The molecule has 4 N–H and O–H groups in total. The first-order valence-electron chi connectivity index (χ1n) is 11.4. The van der Waals surface area contributed by atoms with Crippen LogP contribution in [0.2, 0.25) is 5.02 Å². The van der Waals surface area contributed by atoms with Crippen molar-refractivity contribution in [3.63, 3.8) is 0 Å². The lowest BCUT2D eigenvalue weighted by Gasteiger charge is -2.20.